The lowest BCUT2D eigenvalue weighted by Crippen LogP contribution is -3.15. The van der Waals surface area contributed by atoms with E-state index in [0.717, 1.165) is 35.5 Å². The summed E-state index contributed by atoms with van der Waals surface area (Å²) in [5, 5.41) is 0. The van der Waals surface area contributed by atoms with E-state index < -0.39 is 10.0 Å². The van der Waals surface area contributed by atoms with E-state index in [2.05, 4.69) is 4.72 Å². The molecule has 0 aliphatic carbocycles. The van der Waals surface area contributed by atoms with E-state index >= 15 is 0 Å². The molecule has 0 spiro atoms. The quantitative estimate of drug-likeness (QED) is 0.790. The number of rotatable bonds is 6. The van der Waals surface area contributed by atoms with Gasteiger partial charge in [-0.25, -0.2) is 13.1 Å². The zero-order valence-electron chi connectivity index (χ0n) is 15.5. The van der Waals surface area contributed by atoms with Gasteiger partial charge in [-0.15, -0.1) is 0 Å². The van der Waals surface area contributed by atoms with E-state index in [4.69, 9.17) is 9.15 Å². The highest BCUT2D eigenvalue weighted by molar-refractivity contribution is 7.89. The maximum atomic E-state index is 13.0. The van der Waals surface area contributed by atoms with Gasteiger partial charge in [0.2, 0.25) is 10.0 Å². The van der Waals surface area contributed by atoms with Gasteiger partial charge in [-0.05, 0) is 44.0 Å². The molecular weight excluding hydrogens is 352 g/mol. The Morgan fingerprint density at radius 2 is 1.81 bits per heavy atom. The first-order chi connectivity index (χ1) is 12.4. The molecule has 26 heavy (non-hydrogen) atoms. The molecular formula is C19H27N2O4S+. The van der Waals surface area contributed by atoms with Crippen LogP contribution >= 0.6 is 0 Å². The van der Waals surface area contributed by atoms with Gasteiger partial charge >= 0.3 is 0 Å². The molecule has 1 aromatic carbocycles. The van der Waals surface area contributed by atoms with Crippen LogP contribution in [0, 0.1) is 20.8 Å². The molecule has 2 aromatic rings. The molecule has 6 nitrogen and oxygen atoms in total. The third-order valence-corrected chi connectivity index (χ3v) is 6.59. The Kier molecular flexibility index (Phi) is 5.82. The maximum absolute atomic E-state index is 13.0. The van der Waals surface area contributed by atoms with Gasteiger partial charge in [-0.2, -0.15) is 0 Å². The van der Waals surface area contributed by atoms with E-state index in [1.165, 1.54) is 4.90 Å². The second kappa shape index (κ2) is 7.92. The number of aryl methyl sites for hydroxylation is 3. The number of hydrogen-bond donors (Lipinski definition) is 2. The molecule has 2 heterocycles. The van der Waals surface area contributed by atoms with Crippen LogP contribution in [0.15, 0.2) is 39.8 Å². The van der Waals surface area contributed by atoms with E-state index in [1.54, 1.807) is 6.26 Å². The topological polar surface area (TPSA) is 73.0 Å². The Hall–Kier alpha value is -1.67. The molecule has 142 valence electrons. The minimum Gasteiger partial charge on any atom is -0.463 e. The lowest BCUT2D eigenvalue weighted by Gasteiger charge is -2.30. The smallest absolute Gasteiger partial charge is 0.241 e. The van der Waals surface area contributed by atoms with Gasteiger partial charge in [-0.1, -0.05) is 17.7 Å². The summed E-state index contributed by atoms with van der Waals surface area (Å²) in [5.41, 5.74) is 2.59. The number of furan rings is 1. The van der Waals surface area contributed by atoms with Crippen molar-refractivity contribution in [2.24, 2.45) is 0 Å². The fourth-order valence-corrected chi connectivity index (χ4v) is 5.27. The molecule has 0 unspecified atom stereocenters. The van der Waals surface area contributed by atoms with Crippen molar-refractivity contribution in [1.29, 1.82) is 0 Å². The third-order valence-electron chi connectivity index (χ3n) is 4.87. The molecule has 0 saturated carbocycles. The second-order valence-electron chi connectivity index (χ2n) is 6.92. The average Bonchev–Trinajstić information content (AvgIpc) is 3.09. The minimum atomic E-state index is -3.60. The Labute approximate surface area is 155 Å². The van der Waals surface area contributed by atoms with E-state index in [1.807, 2.05) is 45.0 Å². The van der Waals surface area contributed by atoms with Crippen LogP contribution in [0.2, 0.25) is 0 Å². The maximum Gasteiger partial charge on any atom is 0.241 e. The van der Waals surface area contributed by atoms with Gasteiger partial charge in [0.1, 0.15) is 13.1 Å². The van der Waals surface area contributed by atoms with Crippen molar-refractivity contribution in [3.05, 3.63) is 53.0 Å². The number of quaternary nitrogens is 1. The number of hydrogen-bond acceptors (Lipinski definition) is 4. The predicted octanol–water partition coefficient (Wildman–Crippen LogP) is 1.14. The summed E-state index contributed by atoms with van der Waals surface area (Å²) >= 11 is 0. The Balaban J connectivity index is 1.82. The third kappa shape index (κ3) is 4.17. The van der Waals surface area contributed by atoms with Crippen molar-refractivity contribution >= 4 is 10.0 Å². The summed E-state index contributed by atoms with van der Waals surface area (Å²) in [7, 11) is -3.60. The number of ether oxygens (including phenoxy) is 1. The lowest BCUT2D eigenvalue weighted by molar-refractivity contribution is -0.938. The first kappa shape index (κ1) is 19.1. The molecule has 1 atom stereocenters. The monoisotopic (exact) mass is 379 g/mol. The molecule has 0 bridgehead atoms. The van der Waals surface area contributed by atoms with Gasteiger partial charge in [0.25, 0.3) is 0 Å². The predicted molar refractivity (Wildman–Crippen MR) is 98.8 cm³/mol. The van der Waals surface area contributed by atoms with Crippen LogP contribution in [-0.4, -0.2) is 41.3 Å². The van der Waals surface area contributed by atoms with Crippen molar-refractivity contribution in [2.75, 3.05) is 32.8 Å². The molecule has 1 fully saturated rings. The number of morpholine rings is 1. The molecule has 2 N–H and O–H groups in total. The molecule has 1 aliphatic heterocycles. The van der Waals surface area contributed by atoms with Crippen molar-refractivity contribution in [3.8, 4) is 0 Å². The van der Waals surface area contributed by atoms with Crippen LogP contribution in [0.5, 0.6) is 0 Å². The fourth-order valence-electron chi connectivity index (χ4n) is 3.77. The fraction of sp³-hybridized carbons (Fsp3) is 0.474. The van der Waals surface area contributed by atoms with Crippen molar-refractivity contribution in [2.45, 2.75) is 31.7 Å². The van der Waals surface area contributed by atoms with E-state index in [0.29, 0.717) is 18.1 Å². The standard InChI is InChI=1S/C19H26N2O4S/c1-14-11-15(2)19(16(3)12-14)26(22,23)20-13-17(18-5-4-8-25-18)21-6-9-24-10-7-21/h4-5,8,11-12,17,20H,6-7,9-10,13H2,1-3H3/p+1/t17-/m1/s1. The summed E-state index contributed by atoms with van der Waals surface area (Å²) < 4.78 is 39.8. The molecule has 1 aliphatic rings. The number of nitrogens with one attached hydrogen (secondary N) is 2. The Morgan fingerprint density at radius 1 is 1.15 bits per heavy atom. The Bertz CT molecular complexity index is 817. The van der Waals surface area contributed by atoms with Crippen molar-refractivity contribution < 1.29 is 22.5 Å². The molecule has 7 heteroatoms. The number of benzene rings is 1. The highest BCUT2D eigenvalue weighted by atomic mass is 32.2. The van der Waals surface area contributed by atoms with E-state index in [9.17, 15) is 8.42 Å². The van der Waals surface area contributed by atoms with Crippen LogP contribution in [0.4, 0.5) is 0 Å². The van der Waals surface area contributed by atoms with Crippen LogP contribution < -0.4 is 9.62 Å². The SMILES string of the molecule is Cc1cc(C)c(S(=O)(=O)NC[C@H](c2ccco2)[NH+]2CCOCC2)c(C)c1. The number of sulfonamides is 1. The van der Waals surface area contributed by atoms with Crippen LogP contribution in [-0.2, 0) is 14.8 Å². The Morgan fingerprint density at radius 3 is 2.38 bits per heavy atom. The van der Waals surface area contributed by atoms with Gasteiger partial charge in [-0.3, -0.25) is 0 Å². The summed E-state index contributed by atoms with van der Waals surface area (Å²) in [6.45, 7) is 8.95. The van der Waals surface area contributed by atoms with Crippen molar-refractivity contribution in [1.82, 2.24) is 4.72 Å². The largest absolute Gasteiger partial charge is 0.463 e. The first-order valence-corrected chi connectivity index (χ1v) is 10.4. The molecule has 1 saturated heterocycles. The second-order valence-corrected chi connectivity index (χ2v) is 8.62. The highest BCUT2D eigenvalue weighted by Crippen LogP contribution is 2.22. The van der Waals surface area contributed by atoms with Crippen LogP contribution in [0.3, 0.4) is 0 Å². The van der Waals surface area contributed by atoms with Gasteiger partial charge in [0.15, 0.2) is 11.8 Å². The highest BCUT2D eigenvalue weighted by Gasteiger charge is 2.31. The zero-order valence-corrected chi connectivity index (χ0v) is 16.4. The lowest BCUT2D eigenvalue weighted by atomic mass is 10.1. The van der Waals surface area contributed by atoms with Crippen LogP contribution in [0.25, 0.3) is 0 Å². The first-order valence-electron chi connectivity index (χ1n) is 8.92. The summed E-state index contributed by atoms with van der Waals surface area (Å²) in [6, 6.07) is 7.47. The molecule has 0 radical (unpaired) electrons. The zero-order chi connectivity index (χ0) is 18.7. The van der Waals surface area contributed by atoms with Crippen LogP contribution in [0.1, 0.15) is 28.5 Å². The van der Waals surface area contributed by atoms with Gasteiger partial charge in [0.05, 0.1) is 30.9 Å². The minimum absolute atomic E-state index is 0.0743. The van der Waals surface area contributed by atoms with Gasteiger partial charge in [0, 0.05) is 0 Å². The van der Waals surface area contributed by atoms with Gasteiger partial charge < -0.3 is 14.1 Å². The average molecular weight is 380 g/mol. The molecule has 0 amide bonds. The molecule has 1 aromatic heterocycles. The summed E-state index contributed by atoms with van der Waals surface area (Å²) in [4.78, 5) is 1.64. The molecule has 3 rings (SSSR count). The van der Waals surface area contributed by atoms with E-state index in [-0.39, 0.29) is 12.6 Å². The summed E-state index contributed by atoms with van der Waals surface area (Å²) in [5.74, 6) is 0.793. The van der Waals surface area contributed by atoms with Crippen molar-refractivity contribution in [3.63, 3.8) is 0 Å². The summed E-state index contributed by atoms with van der Waals surface area (Å²) in [6.07, 6.45) is 1.63. The normalized spacial score (nSPS) is 17.3.